The SMILES string of the molecule is CCOc1ccc(N2C(=O)[C@@H]3[C@H](C2=O)[C@H]2C=C[C@@H]3C2=C(c2ccccc2)c2ccccc2)cc1. The van der Waals surface area contributed by atoms with Crippen LogP contribution in [0.25, 0.3) is 5.57 Å². The Morgan fingerprint density at radius 2 is 1.24 bits per heavy atom. The zero-order valence-electron chi connectivity index (χ0n) is 18.9. The Morgan fingerprint density at radius 1 is 0.735 bits per heavy atom. The van der Waals surface area contributed by atoms with E-state index in [1.807, 2.05) is 55.5 Å². The number of carbonyl (C=O) groups is 2. The normalized spacial score (nSPS) is 24.6. The third-order valence-electron chi connectivity index (χ3n) is 7.24. The van der Waals surface area contributed by atoms with Gasteiger partial charge < -0.3 is 4.74 Å². The Bertz CT molecular complexity index is 1230. The minimum atomic E-state index is -0.355. The number of carbonyl (C=O) groups excluding carboxylic acids is 2. The highest BCUT2D eigenvalue weighted by atomic mass is 16.5. The van der Waals surface area contributed by atoms with E-state index >= 15 is 0 Å². The van der Waals surface area contributed by atoms with Gasteiger partial charge in [-0.2, -0.15) is 0 Å². The fourth-order valence-electron chi connectivity index (χ4n) is 5.92. The molecular weight excluding hydrogens is 422 g/mol. The van der Waals surface area contributed by atoms with Crippen molar-refractivity contribution in [2.45, 2.75) is 6.92 Å². The summed E-state index contributed by atoms with van der Waals surface area (Å²) in [5, 5.41) is 0. The molecule has 3 aromatic rings. The number of anilines is 1. The van der Waals surface area contributed by atoms with E-state index < -0.39 is 0 Å². The molecule has 2 amide bonds. The Labute approximate surface area is 199 Å². The lowest BCUT2D eigenvalue weighted by molar-refractivity contribution is -0.122. The van der Waals surface area contributed by atoms with Crippen LogP contribution >= 0.6 is 0 Å². The first-order valence-electron chi connectivity index (χ1n) is 11.8. The summed E-state index contributed by atoms with van der Waals surface area (Å²) in [7, 11) is 0. The van der Waals surface area contributed by atoms with Crippen molar-refractivity contribution in [3.63, 3.8) is 0 Å². The average molecular weight is 448 g/mol. The van der Waals surface area contributed by atoms with Crippen molar-refractivity contribution < 1.29 is 14.3 Å². The van der Waals surface area contributed by atoms with Crippen LogP contribution in [0.15, 0.2) is 103 Å². The van der Waals surface area contributed by atoms with Crippen molar-refractivity contribution in [1.82, 2.24) is 0 Å². The molecule has 0 spiro atoms. The van der Waals surface area contributed by atoms with E-state index in [4.69, 9.17) is 4.74 Å². The van der Waals surface area contributed by atoms with E-state index in [1.54, 1.807) is 12.1 Å². The van der Waals surface area contributed by atoms with Crippen LogP contribution in [0.1, 0.15) is 18.1 Å². The molecule has 6 rings (SSSR count). The number of imide groups is 1. The summed E-state index contributed by atoms with van der Waals surface area (Å²) in [6, 6.07) is 27.8. The Kier molecular flexibility index (Phi) is 4.95. The fourth-order valence-corrected chi connectivity index (χ4v) is 5.92. The second-order valence-corrected chi connectivity index (χ2v) is 8.99. The highest BCUT2D eigenvalue weighted by Crippen LogP contribution is 2.58. The number of ether oxygens (including phenoxy) is 1. The smallest absolute Gasteiger partial charge is 0.238 e. The zero-order valence-corrected chi connectivity index (χ0v) is 18.9. The number of allylic oxidation sites excluding steroid dienone is 3. The van der Waals surface area contributed by atoms with Gasteiger partial charge in [0.25, 0.3) is 0 Å². The van der Waals surface area contributed by atoms with Crippen LogP contribution in [-0.4, -0.2) is 18.4 Å². The van der Waals surface area contributed by atoms with E-state index in [2.05, 4.69) is 36.4 Å². The van der Waals surface area contributed by atoms with Crippen LogP contribution in [0, 0.1) is 23.7 Å². The van der Waals surface area contributed by atoms with Gasteiger partial charge in [0, 0.05) is 11.8 Å². The van der Waals surface area contributed by atoms with E-state index in [0.29, 0.717) is 12.3 Å². The summed E-state index contributed by atoms with van der Waals surface area (Å²) in [6.45, 7) is 2.50. The molecule has 4 heteroatoms. The van der Waals surface area contributed by atoms with Crippen LogP contribution in [0.3, 0.4) is 0 Å². The van der Waals surface area contributed by atoms with Crippen molar-refractivity contribution in [3.8, 4) is 5.75 Å². The fraction of sp³-hybridized carbons (Fsp3) is 0.200. The average Bonchev–Trinajstić information content (AvgIpc) is 3.51. The Morgan fingerprint density at radius 3 is 1.71 bits per heavy atom. The third-order valence-corrected chi connectivity index (χ3v) is 7.24. The van der Waals surface area contributed by atoms with Gasteiger partial charge in [0.05, 0.1) is 24.1 Å². The summed E-state index contributed by atoms with van der Waals surface area (Å²) < 4.78 is 5.52. The molecule has 3 aromatic carbocycles. The van der Waals surface area contributed by atoms with Crippen molar-refractivity contribution in [2.75, 3.05) is 11.5 Å². The summed E-state index contributed by atoms with van der Waals surface area (Å²) >= 11 is 0. The van der Waals surface area contributed by atoms with Crippen molar-refractivity contribution in [1.29, 1.82) is 0 Å². The van der Waals surface area contributed by atoms with Crippen LogP contribution < -0.4 is 9.64 Å². The van der Waals surface area contributed by atoms with Crippen molar-refractivity contribution in [2.24, 2.45) is 23.7 Å². The first-order valence-corrected chi connectivity index (χ1v) is 11.8. The summed E-state index contributed by atoms with van der Waals surface area (Å²) in [4.78, 5) is 28.7. The zero-order chi connectivity index (χ0) is 23.2. The molecule has 0 radical (unpaired) electrons. The minimum Gasteiger partial charge on any atom is -0.494 e. The molecule has 1 aliphatic heterocycles. The van der Waals surface area contributed by atoms with Gasteiger partial charge in [-0.05, 0) is 53.5 Å². The lowest BCUT2D eigenvalue weighted by Crippen LogP contribution is -2.33. The number of amides is 2. The predicted octanol–water partition coefficient (Wildman–Crippen LogP) is 5.51. The molecule has 1 saturated heterocycles. The first-order chi connectivity index (χ1) is 16.7. The molecule has 4 nitrogen and oxygen atoms in total. The van der Waals surface area contributed by atoms with Crippen molar-refractivity contribution in [3.05, 3.63) is 114 Å². The molecule has 4 atom stereocenters. The van der Waals surface area contributed by atoms with Gasteiger partial charge in [-0.25, -0.2) is 4.90 Å². The largest absolute Gasteiger partial charge is 0.494 e. The molecule has 1 heterocycles. The second kappa shape index (κ2) is 8.14. The van der Waals surface area contributed by atoms with Gasteiger partial charge in [-0.3, -0.25) is 9.59 Å². The maximum atomic E-state index is 13.7. The third kappa shape index (κ3) is 3.06. The summed E-state index contributed by atoms with van der Waals surface area (Å²) in [6.07, 6.45) is 4.28. The number of hydrogen-bond acceptors (Lipinski definition) is 3. The van der Waals surface area contributed by atoms with Gasteiger partial charge in [0.2, 0.25) is 11.8 Å². The lowest BCUT2D eigenvalue weighted by atomic mass is 9.85. The highest BCUT2D eigenvalue weighted by Gasteiger charge is 2.62. The Hall–Kier alpha value is -3.92. The minimum absolute atomic E-state index is 0.0745. The molecule has 2 bridgehead atoms. The van der Waals surface area contributed by atoms with Crippen LogP contribution in [0.2, 0.25) is 0 Å². The van der Waals surface area contributed by atoms with E-state index in [-0.39, 0.29) is 35.5 Å². The van der Waals surface area contributed by atoms with Gasteiger partial charge >= 0.3 is 0 Å². The number of rotatable bonds is 5. The summed E-state index contributed by atoms with van der Waals surface area (Å²) in [5.74, 6) is -0.335. The van der Waals surface area contributed by atoms with Gasteiger partial charge in [0.1, 0.15) is 5.75 Å². The Balaban J connectivity index is 1.42. The first kappa shape index (κ1) is 20.7. The second-order valence-electron chi connectivity index (χ2n) is 8.99. The molecule has 168 valence electrons. The molecule has 3 aliphatic rings. The summed E-state index contributed by atoms with van der Waals surface area (Å²) in [5.41, 5.74) is 5.18. The number of fused-ring (bicyclic) bond motifs is 5. The molecule has 34 heavy (non-hydrogen) atoms. The number of hydrogen-bond donors (Lipinski definition) is 0. The highest BCUT2D eigenvalue weighted by molar-refractivity contribution is 6.23. The number of nitrogens with zero attached hydrogens (tertiary/aromatic N) is 1. The molecule has 2 fully saturated rings. The topological polar surface area (TPSA) is 46.6 Å². The maximum Gasteiger partial charge on any atom is 0.238 e. The van der Waals surface area contributed by atoms with E-state index in [1.165, 1.54) is 10.5 Å². The quantitative estimate of drug-likeness (QED) is 0.383. The molecule has 1 saturated carbocycles. The molecular formula is C30H25NO3. The predicted molar refractivity (Wildman–Crippen MR) is 132 cm³/mol. The number of benzene rings is 3. The van der Waals surface area contributed by atoms with Crippen molar-refractivity contribution >= 4 is 23.1 Å². The van der Waals surface area contributed by atoms with E-state index in [9.17, 15) is 9.59 Å². The molecule has 0 aromatic heterocycles. The van der Waals surface area contributed by atoms with Crippen LogP contribution in [0.5, 0.6) is 5.75 Å². The van der Waals surface area contributed by atoms with Gasteiger partial charge in [-0.15, -0.1) is 0 Å². The molecule has 0 N–H and O–H groups in total. The van der Waals surface area contributed by atoms with E-state index in [0.717, 1.165) is 22.4 Å². The van der Waals surface area contributed by atoms with Crippen LogP contribution in [-0.2, 0) is 9.59 Å². The maximum absolute atomic E-state index is 13.7. The standard InChI is InChI=1S/C30H25NO3/c1-2-34-22-15-13-21(14-16-22)31-29(32)27-23-17-18-24(28(27)30(31)33)26(23)25(19-9-5-3-6-10-19)20-11-7-4-8-12-20/h3-18,23-24,27-28H,2H2,1H3/t23-,24+,27+,28-. The van der Waals surface area contributed by atoms with Gasteiger partial charge in [-0.1, -0.05) is 72.8 Å². The van der Waals surface area contributed by atoms with Gasteiger partial charge in [0.15, 0.2) is 0 Å². The molecule has 2 aliphatic carbocycles. The molecule has 0 unspecified atom stereocenters. The monoisotopic (exact) mass is 447 g/mol. The van der Waals surface area contributed by atoms with Crippen LogP contribution in [0.4, 0.5) is 5.69 Å². The lowest BCUT2D eigenvalue weighted by Gasteiger charge is -2.21.